The van der Waals surface area contributed by atoms with Gasteiger partial charge in [0, 0.05) is 11.3 Å². The SMILES string of the molecule is CSC1CCCC(n2cncc2C(N)c2ccccc2)C1. The Bertz CT molecular complexity index is 566. The minimum atomic E-state index is -0.0941. The lowest BCUT2D eigenvalue weighted by Crippen LogP contribution is -2.24. The molecule has 0 radical (unpaired) electrons. The molecule has 0 amide bonds. The van der Waals surface area contributed by atoms with Gasteiger partial charge in [0.1, 0.15) is 0 Å². The highest BCUT2D eigenvalue weighted by atomic mass is 32.2. The van der Waals surface area contributed by atoms with Crippen LogP contribution in [-0.2, 0) is 0 Å². The van der Waals surface area contributed by atoms with E-state index < -0.39 is 0 Å². The van der Waals surface area contributed by atoms with Gasteiger partial charge in [0.25, 0.3) is 0 Å². The summed E-state index contributed by atoms with van der Waals surface area (Å²) in [5, 5.41) is 0.770. The van der Waals surface area contributed by atoms with Gasteiger partial charge in [0.15, 0.2) is 0 Å². The second-order valence-corrected chi connectivity index (χ2v) is 6.93. The van der Waals surface area contributed by atoms with E-state index >= 15 is 0 Å². The first-order valence-electron chi connectivity index (χ1n) is 7.64. The molecule has 3 unspecified atom stereocenters. The van der Waals surface area contributed by atoms with Crippen LogP contribution in [0.25, 0.3) is 0 Å². The first kappa shape index (κ1) is 14.7. The van der Waals surface area contributed by atoms with E-state index in [0.29, 0.717) is 6.04 Å². The largest absolute Gasteiger partial charge is 0.330 e. The lowest BCUT2D eigenvalue weighted by Gasteiger charge is -2.31. The maximum atomic E-state index is 6.47. The number of imidazole rings is 1. The molecule has 3 nitrogen and oxygen atoms in total. The molecule has 1 heterocycles. The number of benzene rings is 1. The smallest absolute Gasteiger partial charge is 0.0951 e. The van der Waals surface area contributed by atoms with Crippen LogP contribution in [-0.4, -0.2) is 21.1 Å². The van der Waals surface area contributed by atoms with Crippen LogP contribution in [0.2, 0.25) is 0 Å². The second-order valence-electron chi connectivity index (χ2n) is 5.79. The van der Waals surface area contributed by atoms with Crippen molar-refractivity contribution in [2.45, 2.75) is 43.0 Å². The minimum absolute atomic E-state index is 0.0941. The van der Waals surface area contributed by atoms with E-state index in [1.54, 1.807) is 0 Å². The van der Waals surface area contributed by atoms with E-state index in [1.165, 1.54) is 25.7 Å². The predicted molar refractivity (Wildman–Crippen MR) is 89.5 cm³/mol. The van der Waals surface area contributed by atoms with Crippen molar-refractivity contribution in [3.05, 3.63) is 54.1 Å². The van der Waals surface area contributed by atoms with Crippen LogP contribution < -0.4 is 5.73 Å². The third kappa shape index (κ3) is 3.16. The molecule has 1 saturated carbocycles. The van der Waals surface area contributed by atoms with Crippen molar-refractivity contribution < 1.29 is 0 Å². The predicted octanol–water partition coefficient (Wildman–Crippen LogP) is 3.78. The van der Waals surface area contributed by atoms with Crippen LogP contribution in [0.15, 0.2) is 42.9 Å². The number of hydrogen-bond acceptors (Lipinski definition) is 3. The molecule has 1 aliphatic rings. The maximum Gasteiger partial charge on any atom is 0.0951 e. The Kier molecular flexibility index (Phi) is 4.66. The first-order valence-corrected chi connectivity index (χ1v) is 8.93. The summed E-state index contributed by atoms with van der Waals surface area (Å²) in [5.41, 5.74) is 8.75. The van der Waals surface area contributed by atoms with E-state index in [0.717, 1.165) is 16.5 Å². The zero-order valence-electron chi connectivity index (χ0n) is 12.5. The molecule has 2 N–H and O–H groups in total. The summed E-state index contributed by atoms with van der Waals surface area (Å²) in [6.45, 7) is 0. The van der Waals surface area contributed by atoms with E-state index in [2.05, 4.69) is 27.9 Å². The summed E-state index contributed by atoms with van der Waals surface area (Å²) in [4.78, 5) is 4.37. The van der Waals surface area contributed by atoms with E-state index in [4.69, 9.17) is 5.73 Å². The fraction of sp³-hybridized carbons (Fsp3) is 0.471. The first-order chi connectivity index (χ1) is 10.3. The van der Waals surface area contributed by atoms with Crippen molar-refractivity contribution in [1.82, 2.24) is 9.55 Å². The highest BCUT2D eigenvalue weighted by molar-refractivity contribution is 7.99. The highest BCUT2D eigenvalue weighted by Crippen LogP contribution is 2.35. The zero-order valence-corrected chi connectivity index (χ0v) is 13.3. The summed E-state index contributed by atoms with van der Waals surface area (Å²) in [6, 6.07) is 10.7. The molecular formula is C17H23N3S. The van der Waals surface area contributed by atoms with E-state index in [-0.39, 0.29) is 6.04 Å². The van der Waals surface area contributed by atoms with Crippen LogP contribution >= 0.6 is 11.8 Å². The summed E-state index contributed by atoms with van der Waals surface area (Å²) >= 11 is 1.99. The lowest BCUT2D eigenvalue weighted by molar-refractivity contribution is 0.351. The molecule has 2 aromatic rings. The minimum Gasteiger partial charge on any atom is -0.330 e. The summed E-state index contributed by atoms with van der Waals surface area (Å²) in [5.74, 6) is 0. The molecule has 0 saturated heterocycles. The Morgan fingerprint density at radius 3 is 2.86 bits per heavy atom. The van der Waals surface area contributed by atoms with E-state index in [1.807, 2.05) is 42.5 Å². The average Bonchev–Trinajstić information content (AvgIpc) is 3.04. The third-order valence-corrected chi connectivity index (χ3v) is 5.59. The van der Waals surface area contributed by atoms with Crippen LogP contribution in [0.5, 0.6) is 0 Å². The molecule has 0 aliphatic heterocycles. The maximum absolute atomic E-state index is 6.47. The molecule has 0 bridgehead atoms. The van der Waals surface area contributed by atoms with Crippen molar-refractivity contribution in [1.29, 1.82) is 0 Å². The number of aromatic nitrogens is 2. The number of nitrogens with zero attached hydrogens (tertiary/aromatic N) is 2. The number of nitrogens with two attached hydrogens (primary N) is 1. The summed E-state index contributed by atoms with van der Waals surface area (Å²) in [6.07, 6.45) is 11.2. The zero-order chi connectivity index (χ0) is 14.7. The van der Waals surface area contributed by atoms with Gasteiger partial charge < -0.3 is 10.3 Å². The number of thioether (sulfide) groups is 1. The van der Waals surface area contributed by atoms with Gasteiger partial charge >= 0.3 is 0 Å². The van der Waals surface area contributed by atoms with Gasteiger partial charge in [-0.1, -0.05) is 36.8 Å². The average molecular weight is 301 g/mol. The molecule has 1 fully saturated rings. The Balaban J connectivity index is 1.84. The van der Waals surface area contributed by atoms with Crippen molar-refractivity contribution in [3.63, 3.8) is 0 Å². The summed E-state index contributed by atoms with van der Waals surface area (Å²) in [7, 11) is 0. The van der Waals surface area contributed by atoms with Crippen molar-refractivity contribution in [2.75, 3.05) is 6.26 Å². The molecule has 1 aliphatic carbocycles. The molecule has 1 aromatic carbocycles. The van der Waals surface area contributed by atoms with Gasteiger partial charge in [0.05, 0.1) is 24.3 Å². The monoisotopic (exact) mass is 301 g/mol. The van der Waals surface area contributed by atoms with Gasteiger partial charge in [0.2, 0.25) is 0 Å². The Morgan fingerprint density at radius 1 is 1.29 bits per heavy atom. The molecule has 4 heteroatoms. The summed E-state index contributed by atoms with van der Waals surface area (Å²) < 4.78 is 2.32. The highest BCUT2D eigenvalue weighted by Gasteiger charge is 2.25. The fourth-order valence-electron chi connectivity index (χ4n) is 3.28. The van der Waals surface area contributed by atoms with Gasteiger partial charge in [-0.3, -0.25) is 0 Å². The molecule has 3 rings (SSSR count). The van der Waals surface area contributed by atoms with Gasteiger partial charge in [-0.05, 0) is 31.1 Å². The van der Waals surface area contributed by atoms with Crippen LogP contribution in [0, 0.1) is 0 Å². The van der Waals surface area contributed by atoms with Crippen molar-refractivity contribution >= 4 is 11.8 Å². The van der Waals surface area contributed by atoms with Crippen molar-refractivity contribution in [2.24, 2.45) is 5.73 Å². The van der Waals surface area contributed by atoms with Crippen molar-refractivity contribution in [3.8, 4) is 0 Å². The Hall–Kier alpha value is -1.26. The molecule has 0 spiro atoms. The molecule has 3 atom stereocenters. The molecule has 21 heavy (non-hydrogen) atoms. The van der Waals surface area contributed by atoms with Gasteiger partial charge in [-0.2, -0.15) is 11.8 Å². The van der Waals surface area contributed by atoms with E-state index in [9.17, 15) is 0 Å². The Morgan fingerprint density at radius 2 is 2.10 bits per heavy atom. The van der Waals surface area contributed by atoms with Gasteiger partial charge in [-0.15, -0.1) is 0 Å². The lowest BCUT2D eigenvalue weighted by atomic mass is 9.94. The van der Waals surface area contributed by atoms with Gasteiger partial charge in [-0.25, -0.2) is 4.98 Å². The third-order valence-electron chi connectivity index (χ3n) is 4.50. The quantitative estimate of drug-likeness (QED) is 0.934. The Labute approximate surface area is 131 Å². The fourth-order valence-corrected chi connectivity index (χ4v) is 4.10. The van der Waals surface area contributed by atoms with Crippen LogP contribution in [0.4, 0.5) is 0 Å². The topological polar surface area (TPSA) is 43.8 Å². The molecular weight excluding hydrogens is 278 g/mol. The second kappa shape index (κ2) is 6.67. The normalized spacial score (nSPS) is 23.9. The molecule has 112 valence electrons. The van der Waals surface area contributed by atoms with Crippen LogP contribution in [0.1, 0.15) is 49.0 Å². The number of rotatable bonds is 4. The van der Waals surface area contributed by atoms with Crippen LogP contribution in [0.3, 0.4) is 0 Å². The molecule has 1 aromatic heterocycles. The standard InChI is InChI=1S/C17H23N3S/c1-21-15-9-5-8-14(10-15)20-12-19-11-16(20)17(18)13-6-3-2-4-7-13/h2-4,6-7,11-12,14-15,17H,5,8-10,18H2,1H3. The number of hydrogen-bond donors (Lipinski definition) is 1.